The summed E-state index contributed by atoms with van der Waals surface area (Å²) in [7, 11) is 0. The van der Waals surface area contributed by atoms with E-state index < -0.39 is 21.3 Å². The molecule has 0 heterocycles. The fraction of sp³-hybridized carbons (Fsp3) is 0.429. The zero-order chi connectivity index (χ0) is 11.4. The van der Waals surface area contributed by atoms with Crippen LogP contribution in [0, 0.1) is 0 Å². The van der Waals surface area contributed by atoms with Gasteiger partial charge in [0, 0.05) is 0 Å². The van der Waals surface area contributed by atoms with Crippen LogP contribution in [0.5, 0.6) is 0 Å². The smallest absolute Gasteiger partial charge is 0.345 e. The van der Waals surface area contributed by atoms with Crippen LogP contribution in [0.2, 0.25) is 0 Å². The standard InChI is InChI=1S/C7H7Cl3O4/c1-2-14-6(13)4(5(11)12)3-7(8,9)10/h3H,2H2,1H3,(H,11,12)/b4-3-. The largest absolute Gasteiger partial charge is 0.477 e. The highest BCUT2D eigenvalue weighted by Gasteiger charge is 2.25. The molecule has 0 aliphatic heterocycles. The summed E-state index contributed by atoms with van der Waals surface area (Å²) in [6, 6.07) is 0. The molecular weight excluding hydrogens is 254 g/mol. The highest BCUT2D eigenvalue weighted by atomic mass is 35.6. The third kappa shape index (κ3) is 5.32. The van der Waals surface area contributed by atoms with Crippen LogP contribution in [0.4, 0.5) is 0 Å². The van der Waals surface area contributed by atoms with Crippen molar-refractivity contribution in [1.29, 1.82) is 0 Å². The Morgan fingerprint density at radius 3 is 2.21 bits per heavy atom. The normalized spacial score (nSPS) is 12.4. The molecule has 80 valence electrons. The summed E-state index contributed by atoms with van der Waals surface area (Å²) in [6.45, 7) is 1.58. The molecule has 14 heavy (non-hydrogen) atoms. The van der Waals surface area contributed by atoms with Gasteiger partial charge in [-0.25, -0.2) is 9.59 Å². The fourth-order valence-corrected chi connectivity index (χ4v) is 0.908. The molecular formula is C7H7Cl3O4. The molecule has 0 aromatic carbocycles. The summed E-state index contributed by atoms with van der Waals surface area (Å²) >= 11 is 15.9. The predicted molar refractivity (Wildman–Crippen MR) is 52.6 cm³/mol. The van der Waals surface area contributed by atoms with E-state index >= 15 is 0 Å². The molecule has 0 fully saturated rings. The van der Waals surface area contributed by atoms with Crippen LogP contribution < -0.4 is 0 Å². The van der Waals surface area contributed by atoms with Crippen LogP contribution in [-0.4, -0.2) is 27.4 Å². The molecule has 0 aromatic rings. The minimum Gasteiger partial charge on any atom is -0.477 e. The first-order valence-electron chi connectivity index (χ1n) is 3.48. The first-order valence-corrected chi connectivity index (χ1v) is 4.61. The Kier molecular flexibility index (Phi) is 5.26. The number of carbonyl (C=O) groups is 2. The molecule has 0 saturated carbocycles. The first-order chi connectivity index (χ1) is 6.28. The van der Waals surface area contributed by atoms with E-state index in [4.69, 9.17) is 39.9 Å². The lowest BCUT2D eigenvalue weighted by molar-refractivity contribution is -0.143. The Hall–Kier alpha value is -0.450. The zero-order valence-corrected chi connectivity index (χ0v) is 9.36. The van der Waals surface area contributed by atoms with Crippen molar-refractivity contribution in [2.75, 3.05) is 6.61 Å². The van der Waals surface area contributed by atoms with Gasteiger partial charge in [-0.3, -0.25) is 0 Å². The van der Waals surface area contributed by atoms with E-state index in [1.54, 1.807) is 0 Å². The van der Waals surface area contributed by atoms with Crippen molar-refractivity contribution in [2.45, 2.75) is 10.7 Å². The van der Waals surface area contributed by atoms with Crippen molar-refractivity contribution < 1.29 is 19.4 Å². The van der Waals surface area contributed by atoms with E-state index in [0.29, 0.717) is 6.08 Å². The van der Waals surface area contributed by atoms with E-state index in [1.807, 2.05) is 0 Å². The summed E-state index contributed by atoms with van der Waals surface area (Å²) in [4.78, 5) is 21.6. The molecule has 1 N–H and O–H groups in total. The third-order valence-electron chi connectivity index (χ3n) is 1.03. The van der Waals surface area contributed by atoms with Gasteiger partial charge in [0.05, 0.1) is 6.61 Å². The van der Waals surface area contributed by atoms with Crippen LogP contribution in [0.3, 0.4) is 0 Å². The number of carbonyl (C=O) groups excluding carboxylic acids is 1. The molecule has 0 unspecified atom stereocenters. The molecule has 7 heteroatoms. The second kappa shape index (κ2) is 5.44. The molecule has 4 nitrogen and oxygen atoms in total. The molecule has 0 saturated heterocycles. The molecule has 0 spiro atoms. The van der Waals surface area contributed by atoms with E-state index in [0.717, 1.165) is 0 Å². The average molecular weight is 261 g/mol. The lowest BCUT2D eigenvalue weighted by Crippen LogP contribution is -2.17. The minimum absolute atomic E-state index is 0.0450. The van der Waals surface area contributed by atoms with Crippen molar-refractivity contribution in [2.24, 2.45) is 0 Å². The number of allylic oxidation sites excluding steroid dienone is 1. The number of hydrogen-bond donors (Lipinski definition) is 1. The van der Waals surface area contributed by atoms with Gasteiger partial charge in [0.15, 0.2) is 0 Å². The second-order valence-electron chi connectivity index (χ2n) is 2.13. The van der Waals surface area contributed by atoms with Gasteiger partial charge in [-0.15, -0.1) is 0 Å². The molecule has 0 aliphatic carbocycles. The van der Waals surface area contributed by atoms with Crippen molar-refractivity contribution in [1.82, 2.24) is 0 Å². The molecule has 0 rings (SSSR count). The van der Waals surface area contributed by atoms with Crippen LogP contribution >= 0.6 is 34.8 Å². The summed E-state index contributed by atoms with van der Waals surface area (Å²) in [5.41, 5.74) is -0.702. The molecule has 0 radical (unpaired) electrons. The minimum atomic E-state index is -1.94. The van der Waals surface area contributed by atoms with Crippen LogP contribution in [0.15, 0.2) is 11.6 Å². The van der Waals surface area contributed by atoms with E-state index in [1.165, 1.54) is 6.92 Å². The van der Waals surface area contributed by atoms with Crippen molar-refractivity contribution in [3.05, 3.63) is 11.6 Å². The zero-order valence-electron chi connectivity index (χ0n) is 7.09. The predicted octanol–water partition coefficient (Wildman–Crippen LogP) is 1.93. The number of carboxylic acids is 1. The van der Waals surface area contributed by atoms with Crippen molar-refractivity contribution in [3.63, 3.8) is 0 Å². The van der Waals surface area contributed by atoms with Gasteiger partial charge in [-0.1, -0.05) is 34.8 Å². The molecule has 0 aromatic heterocycles. The van der Waals surface area contributed by atoms with Crippen molar-refractivity contribution in [3.8, 4) is 0 Å². The topological polar surface area (TPSA) is 63.6 Å². The van der Waals surface area contributed by atoms with Gasteiger partial charge in [-0.2, -0.15) is 0 Å². The van der Waals surface area contributed by atoms with Gasteiger partial charge in [0.25, 0.3) is 0 Å². The summed E-state index contributed by atoms with van der Waals surface area (Å²) < 4.78 is 2.50. The van der Waals surface area contributed by atoms with Crippen LogP contribution in [0.1, 0.15) is 6.92 Å². The van der Waals surface area contributed by atoms with E-state index in [9.17, 15) is 9.59 Å². The summed E-state index contributed by atoms with van der Waals surface area (Å²) in [6.07, 6.45) is 0.692. The Morgan fingerprint density at radius 1 is 1.43 bits per heavy atom. The molecule has 0 bridgehead atoms. The van der Waals surface area contributed by atoms with Gasteiger partial charge < -0.3 is 9.84 Å². The number of carboxylic acid groups (broad SMARTS) is 1. The van der Waals surface area contributed by atoms with Crippen LogP contribution in [-0.2, 0) is 14.3 Å². The third-order valence-corrected chi connectivity index (χ3v) is 1.36. The summed E-state index contributed by atoms with van der Waals surface area (Å²) in [5.74, 6) is -2.54. The number of aliphatic carboxylic acids is 1. The number of hydrogen-bond acceptors (Lipinski definition) is 3. The molecule has 0 atom stereocenters. The Labute approximate surface area is 95.4 Å². The lowest BCUT2D eigenvalue weighted by atomic mass is 10.2. The number of rotatable bonds is 3. The Bertz CT molecular complexity index is 267. The average Bonchev–Trinajstić information content (AvgIpc) is 1.98. The quantitative estimate of drug-likeness (QED) is 0.277. The van der Waals surface area contributed by atoms with Gasteiger partial charge >= 0.3 is 11.9 Å². The van der Waals surface area contributed by atoms with E-state index in [2.05, 4.69) is 4.74 Å². The molecule has 0 amide bonds. The second-order valence-corrected chi connectivity index (χ2v) is 4.49. The van der Waals surface area contributed by atoms with Crippen LogP contribution in [0.25, 0.3) is 0 Å². The maximum absolute atomic E-state index is 11.0. The lowest BCUT2D eigenvalue weighted by Gasteiger charge is -2.06. The Morgan fingerprint density at radius 2 is 1.93 bits per heavy atom. The number of halogens is 3. The SMILES string of the molecule is CCOC(=O)/C(=C\C(Cl)(Cl)Cl)C(=O)O. The number of ether oxygens (including phenoxy) is 1. The fourth-order valence-electron chi connectivity index (χ4n) is 0.580. The van der Waals surface area contributed by atoms with Gasteiger partial charge in [0.2, 0.25) is 3.79 Å². The van der Waals surface area contributed by atoms with E-state index in [-0.39, 0.29) is 6.61 Å². The number of alkyl halides is 3. The molecule has 0 aliphatic rings. The maximum atomic E-state index is 11.0. The summed E-state index contributed by atoms with van der Waals surface area (Å²) in [5, 5.41) is 8.59. The van der Waals surface area contributed by atoms with Gasteiger partial charge in [0.1, 0.15) is 5.57 Å². The highest BCUT2D eigenvalue weighted by Crippen LogP contribution is 2.29. The Balaban J connectivity index is 4.87. The van der Waals surface area contributed by atoms with Gasteiger partial charge in [-0.05, 0) is 13.0 Å². The highest BCUT2D eigenvalue weighted by molar-refractivity contribution is 6.69. The number of esters is 1. The monoisotopic (exact) mass is 260 g/mol. The maximum Gasteiger partial charge on any atom is 0.345 e. The first kappa shape index (κ1) is 13.5. The van der Waals surface area contributed by atoms with Crippen molar-refractivity contribution >= 4 is 46.7 Å².